The highest BCUT2D eigenvalue weighted by Gasteiger charge is 2.30. The van der Waals surface area contributed by atoms with Gasteiger partial charge in [0.2, 0.25) is 0 Å². The van der Waals surface area contributed by atoms with Gasteiger partial charge in [0.25, 0.3) is 0 Å². The van der Waals surface area contributed by atoms with Crippen LogP contribution in [0.5, 0.6) is 0 Å². The molecular formula is C11H23F3N2. The molecule has 16 heavy (non-hydrogen) atoms. The molecule has 0 bridgehead atoms. The molecule has 0 aromatic heterocycles. The van der Waals surface area contributed by atoms with Crippen LogP contribution in [0.1, 0.15) is 27.2 Å². The Balaban J connectivity index is 4.03. The summed E-state index contributed by atoms with van der Waals surface area (Å²) in [5.74, 6) is 0. The van der Waals surface area contributed by atoms with Gasteiger partial charge in [-0.2, -0.15) is 13.2 Å². The van der Waals surface area contributed by atoms with Crippen LogP contribution in [0.15, 0.2) is 0 Å². The molecule has 5 heteroatoms. The Kier molecular flexibility index (Phi) is 5.76. The molecular weight excluding hydrogens is 217 g/mol. The van der Waals surface area contributed by atoms with E-state index in [9.17, 15) is 13.2 Å². The van der Waals surface area contributed by atoms with E-state index in [1.165, 1.54) is 11.9 Å². The largest absolute Gasteiger partial charge is 0.401 e. The van der Waals surface area contributed by atoms with Crippen LogP contribution in [-0.2, 0) is 0 Å². The normalized spacial score (nSPS) is 15.6. The van der Waals surface area contributed by atoms with Crippen molar-refractivity contribution in [2.45, 2.75) is 39.4 Å². The van der Waals surface area contributed by atoms with Crippen molar-refractivity contribution in [3.63, 3.8) is 0 Å². The number of nitrogens with one attached hydrogen (secondary N) is 1. The standard InChI is InChI=1S/C11H23F3N2/c1-10(2,3)9(15-4)6-7-16(5)8-11(12,13)14/h9,15H,6-8H2,1-5H3. The molecule has 0 aliphatic rings. The molecule has 0 aliphatic heterocycles. The van der Waals surface area contributed by atoms with Gasteiger partial charge in [-0.1, -0.05) is 20.8 Å². The highest BCUT2D eigenvalue weighted by Crippen LogP contribution is 2.22. The van der Waals surface area contributed by atoms with Gasteiger partial charge in [0.05, 0.1) is 6.54 Å². The van der Waals surface area contributed by atoms with Crippen molar-refractivity contribution in [1.82, 2.24) is 10.2 Å². The van der Waals surface area contributed by atoms with Gasteiger partial charge in [0.1, 0.15) is 0 Å². The molecule has 0 radical (unpaired) electrons. The van der Waals surface area contributed by atoms with Gasteiger partial charge < -0.3 is 5.32 Å². The molecule has 1 unspecified atom stereocenters. The second-order valence-electron chi connectivity index (χ2n) is 5.35. The zero-order valence-corrected chi connectivity index (χ0v) is 10.8. The topological polar surface area (TPSA) is 15.3 Å². The lowest BCUT2D eigenvalue weighted by Crippen LogP contribution is -2.41. The summed E-state index contributed by atoms with van der Waals surface area (Å²) in [6.45, 7) is 5.85. The van der Waals surface area contributed by atoms with Crippen molar-refractivity contribution in [2.24, 2.45) is 5.41 Å². The predicted octanol–water partition coefficient (Wildman–Crippen LogP) is 2.50. The number of hydrogen-bond donors (Lipinski definition) is 1. The molecule has 0 spiro atoms. The van der Waals surface area contributed by atoms with E-state index in [0.717, 1.165) is 0 Å². The number of alkyl halides is 3. The van der Waals surface area contributed by atoms with E-state index in [4.69, 9.17) is 0 Å². The summed E-state index contributed by atoms with van der Waals surface area (Å²) in [6, 6.07) is 0.225. The van der Waals surface area contributed by atoms with Gasteiger partial charge in [-0.25, -0.2) is 0 Å². The van der Waals surface area contributed by atoms with Crippen molar-refractivity contribution < 1.29 is 13.2 Å². The average molecular weight is 240 g/mol. The van der Waals surface area contributed by atoms with Crippen LogP contribution in [0.2, 0.25) is 0 Å². The van der Waals surface area contributed by atoms with E-state index < -0.39 is 12.7 Å². The van der Waals surface area contributed by atoms with E-state index in [0.29, 0.717) is 13.0 Å². The molecule has 1 N–H and O–H groups in total. The fourth-order valence-corrected chi connectivity index (χ4v) is 1.74. The average Bonchev–Trinajstić information content (AvgIpc) is 1.98. The number of halogens is 3. The van der Waals surface area contributed by atoms with E-state index in [1.54, 1.807) is 0 Å². The maximum atomic E-state index is 12.1. The summed E-state index contributed by atoms with van der Waals surface area (Å²) in [7, 11) is 3.35. The molecule has 0 aromatic carbocycles. The van der Waals surface area contributed by atoms with Crippen molar-refractivity contribution in [3.05, 3.63) is 0 Å². The lowest BCUT2D eigenvalue weighted by atomic mass is 9.85. The van der Waals surface area contributed by atoms with Crippen LogP contribution < -0.4 is 5.32 Å². The van der Waals surface area contributed by atoms with Crippen molar-refractivity contribution in [2.75, 3.05) is 27.2 Å². The summed E-state index contributed by atoms with van der Waals surface area (Å²) in [5, 5.41) is 3.15. The van der Waals surface area contributed by atoms with Crippen molar-refractivity contribution in [1.29, 1.82) is 0 Å². The molecule has 2 nitrogen and oxygen atoms in total. The van der Waals surface area contributed by atoms with Crippen LogP contribution in [0, 0.1) is 5.41 Å². The van der Waals surface area contributed by atoms with Crippen LogP contribution >= 0.6 is 0 Å². The van der Waals surface area contributed by atoms with Gasteiger partial charge in [0, 0.05) is 6.04 Å². The Morgan fingerprint density at radius 1 is 1.19 bits per heavy atom. The molecule has 0 aliphatic carbocycles. The Labute approximate surface area is 96.2 Å². The molecule has 0 heterocycles. The number of hydrogen-bond acceptors (Lipinski definition) is 2. The van der Waals surface area contributed by atoms with Crippen LogP contribution in [-0.4, -0.2) is 44.3 Å². The third-order valence-corrected chi connectivity index (χ3v) is 2.64. The van der Waals surface area contributed by atoms with Gasteiger partial charge in [-0.3, -0.25) is 4.90 Å². The zero-order chi connectivity index (χ0) is 13.0. The maximum absolute atomic E-state index is 12.1. The van der Waals surface area contributed by atoms with Crippen molar-refractivity contribution >= 4 is 0 Å². The molecule has 0 amide bonds. The van der Waals surface area contributed by atoms with Gasteiger partial charge in [0.15, 0.2) is 0 Å². The predicted molar refractivity (Wildman–Crippen MR) is 60.5 cm³/mol. The fourth-order valence-electron chi connectivity index (χ4n) is 1.74. The van der Waals surface area contributed by atoms with Crippen LogP contribution in [0.25, 0.3) is 0 Å². The Bertz CT molecular complexity index is 196. The minimum atomic E-state index is -4.11. The first-order chi connectivity index (χ1) is 7.06. The molecule has 1 atom stereocenters. The van der Waals surface area contributed by atoms with E-state index in [-0.39, 0.29) is 11.5 Å². The Morgan fingerprint density at radius 2 is 1.69 bits per heavy atom. The molecule has 0 saturated heterocycles. The van der Waals surface area contributed by atoms with Crippen LogP contribution in [0.4, 0.5) is 13.2 Å². The van der Waals surface area contributed by atoms with E-state index in [1.807, 2.05) is 7.05 Å². The summed E-state index contributed by atoms with van der Waals surface area (Å²) in [4.78, 5) is 1.32. The van der Waals surface area contributed by atoms with Gasteiger partial charge in [-0.05, 0) is 32.5 Å². The Morgan fingerprint density at radius 3 is 2.00 bits per heavy atom. The molecule has 0 fully saturated rings. The summed E-state index contributed by atoms with van der Waals surface area (Å²) in [5.41, 5.74) is 0.0633. The van der Waals surface area contributed by atoms with E-state index in [2.05, 4.69) is 26.1 Å². The zero-order valence-electron chi connectivity index (χ0n) is 10.8. The van der Waals surface area contributed by atoms with Crippen LogP contribution in [0.3, 0.4) is 0 Å². The summed E-state index contributed by atoms with van der Waals surface area (Å²) < 4.78 is 36.3. The quantitative estimate of drug-likeness (QED) is 0.794. The molecule has 0 aromatic rings. The van der Waals surface area contributed by atoms with Gasteiger partial charge in [-0.15, -0.1) is 0 Å². The maximum Gasteiger partial charge on any atom is 0.401 e. The Hall–Kier alpha value is -0.290. The molecule has 0 rings (SSSR count). The highest BCUT2D eigenvalue weighted by atomic mass is 19.4. The lowest BCUT2D eigenvalue weighted by Gasteiger charge is -2.32. The second kappa shape index (κ2) is 5.87. The number of nitrogens with zero attached hydrogens (tertiary/aromatic N) is 1. The minimum absolute atomic E-state index is 0.0633. The summed E-state index contributed by atoms with van der Waals surface area (Å²) >= 11 is 0. The second-order valence-corrected chi connectivity index (χ2v) is 5.35. The summed E-state index contributed by atoms with van der Waals surface area (Å²) in [6.07, 6.45) is -3.39. The highest BCUT2D eigenvalue weighted by molar-refractivity contribution is 4.80. The first-order valence-electron chi connectivity index (χ1n) is 5.49. The van der Waals surface area contributed by atoms with Gasteiger partial charge >= 0.3 is 6.18 Å². The SMILES string of the molecule is CNC(CCN(C)CC(F)(F)F)C(C)(C)C. The first-order valence-corrected chi connectivity index (χ1v) is 5.49. The molecule has 98 valence electrons. The third-order valence-electron chi connectivity index (χ3n) is 2.64. The van der Waals surface area contributed by atoms with E-state index >= 15 is 0 Å². The smallest absolute Gasteiger partial charge is 0.316 e. The van der Waals surface area contributed by atoms with Crippen molar-refractivity contribution in [3.8, 4) is 0 Å². The number of rotatable bonds is 5. The minimum Gasteiger partial charge on any atom is -0.316 e. The first kappa shape index (κ1) is 15.7. The lowest BCUT2D eigenvalue weighted by molar-refractivity contribution is -0.143. The molecule has 0 saturated carbocycles. The third kappa shape index (κ3) is 7.06. The monoisotopic (exact) mass is 240 g/mol. The fraction of sp³-hybridized carbons (Fsp3) is 1.00.